The van der Waals surface area contributed by atoms with Gasteiger partial charge >= 0.3 is 5.97 Å². The van der Waals surface area contributed by atoms with E-state index < -0.39 is 22.8 Å². The molecule has 0 aliphatic rings. The van der Waals surface area contributed by atoms with Gasteiger partial charge in [0.15, 0.2) is 0 Å². The Morgan fingerprint density at radius 2 is 2.06 bits per heavy atom. The Morgan fingerprint density at radius 1 is 1.44 bits per heavy atom. The quantitative estimate of drug-likeness (QED) is 0.782. The Kier molecular flexibility index (Phi) is 5.94. The Hall–Kier alpha value is -1.27. The summed E-state index contributed by atoms with van der Waals surface area (Å²) in [5, 5.41) is 11.8. The van der Waals surface area contributed by atoms with Crippen LogP contribution in [0.3, 0.4) is 0 Å². The average molecular weight is 273 g/mol. The first-order chi connectivity index (χ1) is 8.52. The van der Waals surface area contributed by atoms with Crippen LogP contribution in [-0.4, -0.2) is 32.8 Å². The predicted octanol–water partition coefficient (Wildman–Crippen LogP) is 1.14. The van der Waals surface area contributed by atoms with Crippen LogP contribution in [0.4, 0.5) is 4.39 Å². The summed E-state index contributed by atoms with van der Waals surface area (Å²) in [5.74, 6) is -0.853. The van der Waals surface area contributed by atoms with Crippen molar-refractivity contribution in [1.82, 2.24) is 5.32 Å². The molecule has 1 unspecified atom stereocenters. The highest BCUT2D eigenvalue weighted by Gasteiger charge is 2.18. The molecule has 0 bridgehead atoms. The largest absolute Gasteiger partial charge is 0.480 e. The minimum Gasteiger partial charge on any atom is -0.480 e. The monoisotopic (exact) mass is 273 g/mol. The van der Waals surface area contributed by atoms with Gasteiger partial charge in [0.2, 0.25) is 0 Å². The lowest BCUT2D eigenvalue weighted by Crippen LogP contribution is -2.40. The molecule has 4 nitrogen and oxygen atoms in total. The predicted molar refractivity (Wildman–Crippen MR) is 68.2 cm³/mol. The van der Waals surface area contributed by atoms with Crippen LogP contribution in [-0.2, 0) is 22.1 Å². The summed E-state index contributed by atoms with van der Waals surface area (Å²) < 4.78 is 24.0. The number of hydrogen-bond donors (Lipinski definition) is 2. The molecule has 2 atom stereocenters. The summed E-state index contributed by atoms with van der Waals surface area (Å²) in [6, 6.07) is 4.94. The molecule has 2 N–H and O–H groups in total. The first-order valence-corrected chi connectivity index (χ1v) is 7.07. The summed E-state index contributed by atoms with van der Waals surface area (Å²) in [7, 11) is -1.14. The first-order valence-electron chi connectivity index (χ1n) is 5.58. The fourth-order valence-corrected chi connectivity index (χ4v) is 2.23. The van der Waals surface area contributed by atoms with E-state index in [0.29, 0.717) is 12.3 Å². The number of aliphatic carboxylic acids is 1. The van der Waals surface area contributed by atoms with Gasteiger partial charge in [-0.2, -0.15) is 0 Å². The van der Waals surface area contributed by atoms with Gasteiger partial charge in [-0.15, -0.1) is 0 Å². The van der Waals surface area contributed by atoms with E-state index in [4.69, 9.17) is 5.11 Å². The molecule has 0 radical (unpaired) electrons. The molecule has 0 amide bonds. The van der Waals surface area contributed by atoms with Gasteiger partial charge in [-0.25, -0.2) is 4.39 Å². The SMILES string of the molecule is CCS(=O)C[C@H](NCc1ccc(F)cc1)C(=O)O. The third kappa shape index (κ3) is 4.93. The summed E-state index contributed by atoms with van der Waals surface area (Å²) in [6.45, 7) is 2.05. The lowest BCUT2D eigenvalue weighted by molar-refractivity contribution is -0.138. The zero-order chi connectivity index (χ0) is 13.5. The Labute approximate surface area is 108 Å². The Balaban J connectivity index is 2.54. The van der Waals surface area contributed by atoms with Crippen molar-refractivity contribution in [3.63, 3.8) is 0 Å². The molecule has 0 spiro atoms. The molecular formula is C12H16FNO3S. The average Bonchev–Trinajstić information content (AvgIpc) is 2.35. The van der Waals surface area contributed by atoms with Crippen LogP contribution in [0, 0.1) is 5.82 Å². The van der Waals surface area contributed by atoms with E-state index >= 15 is 0 Å². The maximum atomic E-state index is 12.7. The first kappa shape index (κ1) is 14.8. The second-order valence-electron chi connectivity index (χ2n) is 3.79. The van der Waals surface area contributed by atoms with Crippen LogP contribution in [0.1, 0.15) is 12.5 Å². The van der Waals surface area contributed by atoms with Gasteiger partial charge in [0.1, 0.15) is 11.9 Å². The van der Waals surface area contributed by atoms with Crippen LogP contribution >= 0.6 is 0 Å². The number of rotatable bonds is 7. The topological polar surface area (TPSA) is 66.4 Å². The maximum absolute atomic E-state index is 12.7. The number of hydrogen-bond acceptors (Lipinski definition) is 3. The molecule has 0 saturated heterocycles. The van der Waals surface area contributed by atoms with Crippen LogP contribution in [0.15, 0.2) is 24.3 Å². The van der Waals surface area contributed by atoms with Gasteiger partial charge in [-0.1, -0.05) is 19.1 Å². The Bertz CT molecular complexity index is 422. The zero-order valence-electron chi connectivity index (χ0n) is 10.1. The molecule has 0 heterocycles. The van der Waals surface area contributed by atoms with Crippen molar-refractivity contribution in [2.75, 3.05) is 11.5 Å². The third-order valence-electron chi connectivity index (χ3n) is 2.44. The van der Waals surface area contributed by atoms with E-state index in [1.165, 1.54) is 12.1 Å². The fourth-order valence-electron chi connectivity index (χ4n) is 1.36. The third-order valence-corrected chi connectivity index (χ3v) is 3.79. The number of carboxylic acids is 1. The standard InChI is InChI=1S/C12H16FNO3S/c1-2-18(17)8-11(12(15)16)14-7-9-3-5-10(13)6-4-9/h3-6,11,14H,2,7-8H2,1H3,(H,15,16)/t11-,18?/m0/s1. The van der Waals surface area contributed by atoms with Gasteiger partial charge < -0.3 is 5.11 Å². The van der Waals surface area contributed by atoms with Crippen molar-refractivity contribution in [3.05, 3.63) is 35.6 Å². The van der Waals surface area contributed by atoms with E-state index in [2.05, 4.69) is 5.32 Å². The highest BCUT2D eigenvalue weighted by Crippen LogP contribution is 2.03. The molecule has 0 aromatic heterocycles. The highest BCUT2D eigenvalue weighted by molar-refractivity contribution is 7.85. The summed E-state index contributed by atoms with van der Waals surface area (Å²) in [5.41, 5.74) is 0.782. The second-order valence-corrected chi connectivity index (χ2v) is 5.58. The van der Waals surface area contributed by atoms with Crippen LogP contribution in [0.2, 0.25) is 0 Å². The van der Waals surface area contributed by atoms with Gasteiger partial charge in [0, 0.05) is 28.9 Å². The molecule has 1 aromatic carbocycles. The minimum absolute atomic E-state index is 0.0764. The van der Waals surface area contributed by atoms with Crippen molar-refractivity contribution in [2.45, 2.75) is 19.5 Å². The Morgan fingerprint density at radius 3 is 2.56 bits per heavy atom. The van der Waals surface area contributed by atoms with Crippen LogP contribution in [0.5, 0.6) is 0 Å². The van der Waals surface area contributed by atoms with E-state index in [1.54, 1.807) is 19.1 Å². The van der Waals surface area contributed by atoms with Gasteiger partial charge in [0.25, 0.3) is 0 Å². The number of halogens is 1. The normalized spacial score (nSPS) is 14.1. The molecule has 1 aromatic rings. The zero-order valence-corrected chi connectivity index (χ0v) is 10.9. The molecule has 0 fully saturated rings. The van der Waals surface area contributed by atoms with E-state index in [0.717, 1.165) is 5.56 Å². The van der Waals surface area contributed by atoms with Crippen molar-refractivity contribution < 1.29 is 18.5 Å². The van der Waals surface area contributed by atoms with Crippen LogP contribution < -0.4 is 5.32 Å². The molecule has 6 heteroatoms. The lowest BCUT2D eigenvalue weighted by atomic mass is 10.2. The van der Waals surface area contributed by atoms with Crippen molar-refractivity contribution >= 4 is 16.8 Å². The molecule has 0 aliphatic carbocycles. The molecular weight excluding hydrogens is 257 g/mol. The summed E-state index contributed by atoms with van der Waals surface area (Å²) in [6.07, 6.45) is 0. The molecule has 18 heavy (non-hydrogen) atoms. The molecule has 0 saturated carbocycles. The van der Waals surface area contributed by atoms with E-state index in [-0.39, 0.29) is 11.6 Å². The molecule has 1 rings (SSSR count). The van der Waals surface area contributed by atoms with Crippen molar-refractivity contribution in [3.8, 4) is 0 Å². The van der Waals surface area contributed by atoms with Crippen LogP contribution in [0.25, 0.3) is 0 Å². The van der Waals surface area contributed by atoms with Gasteiger partial charge in [-0.3, -0.25) is 14.3 Å². The van der Waals surface area contributed by atoms with Gasteiger partial charge in [0.05, 0.1) is 0 Å². The molecule has 0 aliphatic heterocycles. The highest BCUT2D eigenvalue weighted by atomic mass is 32.2. The number of nitrogens with one attached hydrogen (secondary N) is 1. The summed E-state index contributed by atoms with van der Waals surface area (Å²) >= 11 is 0. The fraction of sp³-hybridized carbons (Fsp3) is 0.417. The smallest absolute Gasteiger partial charge is 0.321 e. The van der Waals surface area contributed by atoms with E-state index in [9.17, 15) is 13.4 Å². The number of carboxylic acid groups (broad SMARTS) is 1. The molecule has 100 valence electrons. The minimum atomic E-state index is -1.14. The van der Waals surface area contributed by atoms with Crippen molar-refractivity contribution in [1.29, 1.82) is 0 Å². The van der Waals surface area contributed by atoms with Gasteiger partial charge in [-0.05, 0) is 17.7 Å². The lowest BCUT2D eigenvalue weighted by Gasteiger charge is -2.13. The number of carbonyl (C=O) groups is 1. The number of benzene rings is 1. The summed E-state index contributed by atoms with van der Waals surface area (Å²) in [4.78, 5) is 11.0. The second kappa shape index (κ2) is 7.23. The van der Waals surface area contributed by atoms with E-state index in [1.807, 2.05) is 0 Å². The maximum Gasteiger partial charge on any atom is 0.321 e. The van der Waals surface area contributed by atoms with Crippen molar-refractivity contribution in [2.24, 2.45) is 0 Å².